The number of nitrogens with one attached hydrogen (secondary N) is 1. The summed E-state index contributed by atoms with van der Waals surface area (Å²) < 4.78 is 37.0. The maximum absolute atomic E-state index is 13.4. The average molecular weight is 390 g/mol. The molecule has 0 aliphatic carbocycles. The van der Waals surface area contributed by atoms with E-state index in [9.17, 15) is 18.4 Å². The molecule has 0 bridgehead atoms. The van der Waals surface area contributed by atoms with Crippen LogP contribution >= 0.6 is 0 Å². The molecular weight excluding hydrogens is 370 g/mol. The normalized spacial score (nSPS) is 16.2. The van der Waals surface area contributed by atoms with Crippen LogP contribution in [0.3, 0.4) is 0 Å². The number of anilines is 1. The zero-order chi connectivity index (χ0) is 20.1. The van der Waals surface area contributed by atoms with Crippen molar-refractivity contribution in [3.8, 4) is 11.5 Å². The van der Waals surface area contributed by atoms with Crippen molar-refractivity contribution < 1.29 is 27.8 Å². The van der Waals surface area contributed by atoms with Crippen LogP contribution in [0.25, 0.3) is 0 Å². The first-order valence-electron chi connectivity index (χ1n) is 8.78. The Morgan fingerprint density at radius 1 is 1.14 bits per heavy atom. The molecule has 1 atom stereocenters. The van der Waals surface area contributed by atoms with E-state index in [0.29, 0.717) is 5.75 Å². The minimum atomic E-state index is -1.03. The summed E-state index contributed by atoms with van der Waals surface area (Å²) in [6.07, 6.45) is 0.0180. The molecule has 1 aliphatic heterocycles. The molecule has 2 aromatic carbocycles. The molecule has 1 heterocycles. The minimum absolute atomic E-state index is 0.0180. The van der Waals surface area contributed by atoms with Crippen molar-refractivity contribution in [2.24, 2.45) is 5.92 Å². The van der Waals surface area contributed by atoms with Crippen LogP contribution in [0.5, 0.6) is 11.5 Å². The summed E-state index contributed by atoms with van der Waals surface area (Å²) in [6, 6.07) is 10.3. The lowest BCUT2D eigenvalue weighted by Crippen LogP contribution is -2.35. The van der Waals surface area contributed by atoms with E-state index in [1.807, 2.05) is 0 Å². The predicted molar refractivity (Wildman–Crippen MR) is 98.3 cm³/mol. The molecular formula is C20H20F2N2O4. The van der Waals surface area contributed by atoms with Gasteiger partial charge in [-0.25, -0.2) is 8.78 Å². The number of carbonyl (C=O) groups excluding carboxylic acids is 2. The number of amides is 2. The maximum Gasteiger partial charge on any atom is 0.227 e. The highest BCUT2D eigenvalue weighted by Crippen LogP contribution is 2.26. The van der Waals surface area contributed by atoms with Crippen molar-refractivity contribution in [3.05, 3.63) is 54.1 Å². The number of halogens is 2. The first-order valence-corrected chi connectivity index (χ1v) is 8.78. The summed E-state index contributed by atoms with van der Waals surface area (Å²) in [5.74, 6) is -1.79. The lowest BCUT2D eigenvalue weighted by molar-refractivity contribution is -0.126. The van der Waals surface area contributed by atoms with Gasteiger partial charge in [0.2, 0.25) is 11.8 Å². The first kappa shape index (κ1) is 19.6. The molecule has 6 nitrogen and oxygen atoms in total. The van der Waals surface area contributed by atoms with Gasteiger partial charge in [-0.1, -0.05) is 0 Å². The van der Waals surface area contributed by atoms with Gasteiger partial charge in [-0.05, 0) is 36.4 Å². The Hall–Kier alpha value is -3.16. The van der Waals surface area contributed by atoms with Crippen molar-refractivity contribution in [1.82, 2.24) is 5.32 Å². The Bertz CT molecular complexity index is 858. The molecule has 2 amide bonds. The van der Waals surface area contributed by atoms with Crippen LogP contribution in [0.1, 0.15) is 6.42 Å². The van der Waals surface area contributed by atoms with E-state index >= 15 is 0 Å². The summed E-state index contributed by atoms with van der Waals surface area (Å²) in [6.45, 7) is 0.668. The van der Waals surface area contributed by atoms with E-state index in [2.05, 4.69) is 5.32 Å². The third-order valence-corrected chi connectivity index (χ3v) is 4.44. The molecule has 1 aliphatic rings. The van der Waals surface area contributed by atoms with Crippen LogP contribution in [0.15, 0.2) is 42.5 Å². The molecule has 2 aromatic rings. The molecule has 0 saturated carbocycles. The summed E-state index contributed by atoms with van der Waals surface area (Å²) in [7, 11) is 1.58. The van der Waals surface area contributed by atoms with Gasteiger partial charge in [-0.3, -0.25) is 9.59 Å². The second-order valence-electron chi connectivity index (χ2n) is 6.32. The Kier molecular flexibility index (Phi) is 6.08. The number of benzene rings is 2. The lowest BCUT2D eigenvalue weighted by atomic mass is 10.1. The average Bonchev–Trinajstić information content (AvgIpc) is 3.09. The van der Waals surface area contributed by atoms with E-state index in [0.717, 1.165) is 17.9 Å². The van der Waals surface area contributed by atoms with E-state index in [-0.39, 0.29) is 43.6 Å². The lowest BCUT2D eigenvalue weighted by Gasteiger charge is -2.17. The highest BCUT2D eigenvalue weighted by molar-refractivity contribution is 6.00. The third-order valence-electron chi connectivity index (χ3n) is 4.44. The minimum Gasteiger partial charge on any atom is -0.497 e. The number of carbonyl (C=O) groups is 2. The van der Waals surface area contributed by atoms with Gasteiger partial charge in [0.05, 0.1) is 19.6 Å². The van der Waals surface area contributed by atoms with Gasteiger partial charge in [0, 0.05) is 24.7 Å². The summed E-state index contributed by atoms with van der Waals surface area (Å²) >= 11 is 0. The van der Waals surface area contributed by atoms with Crippen molar-refractivity contribution in [2.75, 3.05) is 31.7 Å². The van der Waals surface area contributed by atoms with E-state index in [1.165, 1.54) is 11.0 Å². The number of methoxy groups -OCH3 is 1. The van der Waals surface area contributed by atoms with E-state index in [4.69, 9.17) is 9.47 Å². The number of nitrogens with zero attached hydrogens (tertiary/aromatic N) is 1. The second-order valence-corrected chi connectivity index (χ2v) is 6.32. The van der Waals surface area contributed by atoms with Crippen LogP contribution in [0, 0.1) is 17.6 Å². The smallest absolute Gasteiger partial charge is 0.227 e. The molecule has 0 radical (unpaired) electrons. The fourth-order valence-electron chi connectivity index (χ4n) is 2.95. The first-order chi connectivity index (χ1) is 13.5. The molecule has 148 valence electrons. The fraction of sp³-hybridized carbons (Fsp3) is 0.300. The summed E-state index contributed by atoms with van der Waals surface area (Å²) in [5, 5.41) is 2.73. The molecule has 1 fully saturated rings. The third kappa shape index (κ3) is 4.57. The van der Waals surface area contributed by atoms with Gasteiger partial charge in [-0.2, -0.15) is 0 Å². The van der Waals surface area contributed by atoms with Crippen LogP contribution < -0.4 is 19.7 Å². The highest BCUT2D eigenvalue weighted by Gasteiger charge is 2.35. The number of hydrogen-bond acceptors (Lipinski definition) is 4. The van der Waals surface area contributed by atoms with Gasteiger partial charge in [0.25, 0.3) is 0 Å². The molecule has 1 unspecified atom stereocenters. The molecule has 1 N–H and O–H groups in total. The van der Waals surface area contributed by atoms with Crippen LogP contribution in [0.4, 0.5) is 14.5 Å². The van der Waals surface area contributed by atoms with Crippen LogP contribution in [-0.4, -0.2) is 38.6 Å². The van der Waals surface area contributed by atoms with E-state index in [1.54, 1.807) is 31.4 Å². The summed E-state index contributed by atoms with van der Waals surface area (Å²) in [5.41, 5.74) is 0.238. The van der Waals surface area contributed by atoms with Crippen molar-refractivity contribution >= 4 is 17.5 Å². The maximum atomic E-state index is 13.4. The second kappa shape index (κ2) is 8.69. The van der Waals surface area contributed by atoms with Gasteiger partial charge < -0.3 is 19.7 Å². The van der Waals surface area contributed by atoms with Crippen LogP contribution in [0.2, 0.25) is 0 Å². The Morgan fingerprint density at radius 3 is 2.54 bits per heavy atom. The number of hydrogen-bond donors (Lipinski definition) is 1. The molecule has 3 rings (SSSR count). The zero-order valence-corrected chi connectivity index (χ0v) is 15.3. The van der Waals surface area contributed by atoms with Gasteiger partial charge in [-0.15, -0.1) is 0 Å². The van der Waals surface area contributed by atoms with Crippen molar-refractivity contribution in [1.29, 1.82) is 0 Å². The number of ether oxygens (including phenoxy) is 2. The quantitative estimate of drug-likeness (QED) is 0.738. The van der Waals surface area contributed by atoms with Gasteiger partial charge >= 0.3 is 0 Å². The zero-order valence-electron chi connectivity index (χ0n) is 15.3. The SMILES string of the molecule is COc1ccc(OCCNC(=O)C2CC(=O)N(c3ccc(F)c(F)c3)C2)cc1. The predicted octanol–water partition coefficient (Wildman–Crippen LogP) is 2.52. The molecule has 28 heavy (non-hydrogen) atoms. The van der Waals surface area contributed by atoms with Crippen molar-refractivity contribution in [3.63, 3.8) is 0 Å². The largest absolute Gasteiger partial charge is 0.497 e. The highest BCUT2D eigenvalue weighted by atomic mass is 19.2. The van der Waals surface area contributed by atoms with Crippen molar-refractivity contribution in [2.45, 2.75) is 6.42 Å². The summed E-state index contributed by atoms with van der Waals surface area (Å²) in [4.78, 5) is 25.7. The standard InChI is InChI=1S/C20H20F2N2O4/c1-27-15-3-5-16(6-4-15)28-9-8-23-20(26)13-10-19(25)24(12-13)14-2-7-17(21)18(22)11-14/h2-7,11,13H,8-10,12H2,1H3,(H,23,26). The molecule has 0 aromatic heterocycles. The molecule has 8 heteroatoms. The van der Waals surface area contributed by atoms with E-state index < -0.39 is 17.6 Å². The van der Waals surface area contributed by atoms with Gasteiger partial charge in [0.1, 0.15) is 18.1 Å². The number of rotatable bonds is 7. The fourth-order valence-corrected chi connectivity index (χ4v) is 2.95. The van der Waals surface area contributed by atoms with Crippen LogP contribution in [-0.2, 0) is 9.59 Å². The molecule has 0 spiro atoms. The molecule has 1 saturated heterocycles. The van der Waals surface area contributed by atoms with Gasteiger partial charge in [0.15, 0.2) is 11.6 Å². The Balaban J connectivity index is 1.47. The topological polar surface area (TPSA) is 67.9 Å². The Labute approximate surface area is 161 Å². The monoisotopic (exact) mass is 390 g/mol. The Morgan fingerprint density at radius 2 is 1.86 bits per heavy atom.